The molecule has 0 aliphatic rings. The van der Waals surface area contributed by atoms with Crippen LogP contribution < -0.4 is 5.73 Å². The number of carbonyl (C=O) groups is 1. The molecule has 0 aromatic heterocycles. The van der Waals surface area contributed by atoms with Crippen LogP contribution in [0, 0.1) is 10.1 Å². The summed E-state index contributed by atoms with van der Waals surface area (Å²) in [6.07, 6.45) is 0. The third-order valence-electron chi connectivity index (χ3n) is 3.10. The first-order valence-corrected chi connectivity index (χ1v) is 6.22. The van der Waals surface area contributed by atoms with Crippen LogP contribution in [0.2, 0.25) is 0 Å². The summed E-state index contributed by atoms with van der Waals surface area (Å²) in [6, 6.07) is 5.93. The SMILES string of the molecule is COCCN(Cc1ccccc1[N+](=O)[O-])C(C)C(N)=O. The van der Waals surface area contributed by atoms with E-state index in [9.17, 15) is 14.9 Å². The highest BCUT2D eigenvalue weighted by atomic mass is 16.6. The van der Waals surface area contributed by atoms with Gasteiger partial charge in [-0.05, 0) is 6.92 Å². The van der Waals surface area contributed by atoms with Gasteiger partial charge in [0.25, 0.3) is 5.69 Å². The molecule has 0 bridgehead atoms. The molecule has 7 heteroatoms. The second-order valence-corrected chi connectivity index (χ2v) is 4.43. The van der Waals surface area contributed by atoms with Gasteiger partial charge in [-0.25, -0.2) is 0 Å². The molecule has 110 valence electrons. The molecule has 1 atom stereocenters. The first-order chi connectivity index (χ1) is 9.47. The lowest BCUT2D eigenvalue weighted by Gasteiger charge is -2.26. The molecule has 0 aliphatic heterocycles. The van der Waals surface area contributed by atoms with Gasteiger partial charge in [-0.1, -0.05) is 18.2 Å². The van der Waals surface area contributed by atoms with E-state index in [-0.39, 0.29) is 12.2 Å². The fraction of sp³-hybridized carbons (Fsp3) is 0.462. The van der Waals surface area contributed by atoms with Crippen LogP contribution in [0.1, 0.15) is 12.5 Å². The lowest BCUT2D eigenvalue weighted by Crippen LogP contribution is -2.43. The Morgan fingerprint density at radius 1 is 1.50 bits per heavy atom. The number of primary amides is 1. The van der Waals surface area contributed by atoms with Gasteiger partial charge in [0.2, 0.25) is 5.91 Å². The number of ether oxygens (including phenoxy) is 1. The molecule has 0 spiro atoms. The maximum absolute atomic E-state index is 11.3. The molecule has 20 heavy (non-hydrogen) atoms. The summed E-state index contributed by atoms with van der Waals surface area (Å²) in [4.78, 5) is 23.6. The minimum atomic E-state index is -0.523. The van der Waals surface area contributed by atoms with E-state index in [0.717, 1.165) is 0 Å². The summed E-state index contributed by atoms with van der Waals surface area (Å²) in [5, 5.41) is 11.0. The van der Waals surface area contributed by atoms with Crippen LogP contribution in [0.3, 0.4) is 0 Å². The van der Waals surface area contributed by atoms with Gasteiger partial charge < -0.3 is 10.5 Å². The Balaban J connectivity index is 2.94. The third kappa shape index (κ3) is 4.29. The number of nitro groups is 1. The summed E-state index contributed by atoms with van der Waals surface area (Å²) in [5.41, 5.74) is 5.88. The summed E-state index contributed by atoms with van der Waals surface area (Å²) in [5.74, 6) is -0.473. The van der Waals surface area contributed by atoms with E-state index in [1.807, 2.05) is 0 Å². The zero-order chi connectivity index (χ0) is 15.1. The monoisotopic (exact) mass is 281 g/mol. The zero-order valence-corrected chi connectivity index (χ0v) is 11.6. The molecule has 1 rings (SSSR count). The number of nitro benzene ring substituents is 1. The highest BCUT2D eigenvalue weighted by Gasteiger charge is 2.22. The summed E-state index contributed by atoms with van der Waals surface area (Å²) < 4.78 is 4.99. The maximum Gasteiger partial charge on any atom is 0.273 e. The van der Waals surface area contributed by atoms with Crippen molar-refractivity contribution in [2.45, 2.75) is 19.5 Å². The Bertz CT molecular complexity index is 478. The van der Waals surface area contributed by atoms with Gasteiger partial charge in [0, 0.05) is 31.8 Å². The molecule has 0 saturated heterocycles. The fourth-order valence-corrected chi connectivity index (χ4v) is 1.84. The van der Waals surface area contributed by atoms with E-state index >= 15 is 0 Å². The van der Waals surface area contributed by atoms with Gasteiger partial charge in [-0.3, -0.25) is 19.8 Å². The Morgan fingerprint density at radius 2 is 2.15 bits per heavy atom. The molecule has 0 saturated carbocycles. The van der Waals surface area contributed by atoms with Gasteiger partial charge >= 0.3 is 0 Å². The number of hydrogen-bond donors (Lipinski definition) is 1. The van der Waals surface area contributed by atoms with Crippen molar-refractivity contribution in [2.24, 2.45) is 5.73 Å². The Hall–Kier alpha value is -1.99. The van der Waals surface area contributed by atoms with Crippen molar-refractivity contribution in [3.63, 3.8) is 0 Å². The predicted molar refractivity (Wildman–Crippen MR) is 74.0 cm³/mol. The number of para-hydroxylation sites is 1. The first kappa shape index (κ1) is 16.1. The number of benzene rings is 1. The second-order valence-electron chi connectivity index (χ2n) is 4.43. The van der Waals surface area contributed by atoms with Crippen LogP contribution in [0.4, 0.5) is 5.69 Å². The molecule has 1 amide bonds. The minimum absolute atomic E-state index is 0.0339. The normalized spacial score (nSPS) is 12.3. The van der Waals surface area contributed by atoms with Crippen LogP contribution in [0.25, 0.3) is 0 Å². The van der Waals surface area contributed by atoms with Crippen LogP contribution in [-0.2, 0) is 16.1 Å². The van der Waals surface area contributed by atoms with E-state index in [2.05, 4.69) is 0 Å². The molecular weight excluding hydrogens is 262 g/mol. The van der Waals surface area contributed by atoms with Crippen LogP contribution in [-0.4, -0.2) is 42.0 Å². The van der Waals surface area contributed by atoms with Crippen molar-refractivity contribution in [2.75, 3.05) is 20.3 Å². The molecule has 0 fully saturated rings. The van der Waals surface area contributed by atoms with E-state index in [1.165, 1.54) is 6.07 Å². The second kappa shape index (κ2) is 7.56. The van der Waals surface area contributed by atoms with Gasteiger partial charge in [-0.15, -0.1) is 0 Å². The van der Waals surface area contributed by atoms with Gasteiger partial charge in [-0.2, -0.15) is 0 Å². The van der Waals surface area contributed by atoms with Gasteiger partial charge in [0.1, 0.15) is 0 Å². The Morgan fingerprint density at radius 3 is 2.70 bits per heavy atom. The van der Waals surface area contributed by atoms with Crippen LogP contribution >= 0.6 is 0 Å². The van der Waals surface area contributed by atoms with Gasteiger partial charge in [0.05, 0.1) is 17.6 Å². The van der Waals surface area contributed by atoms with Crippen molar-refractivity contribution in [3.05, 3.63) is 39.9 Å². The lowest BCUT2D eigenvalue weighted by molar-refractivity contribution is -0.385. The van der Waals surface area contributed by atoms with Crippen molar-refractivity contribution < 1.29 is 14.5 Å². The molecule has 0 radical (unpaired) electrons. The summed E-state index contributed by atoms with van der Waals surface area (Å²) in [6.45, 7) is 2.82. The Labute approximate surface area is 117 Å². The molecule has 1 unspecified atom stereocenters. The number of nitrogens with two attached hydrogens (primary N) is 1. The van der Waals surface area contributed by atoms with E-state index in [4.69, 9.17) is 10.5 Å². The molecule has 1 aromatic carbocycles. The van der Waals surface area contributed by atoms with Crippen LogP contribution in [0.15, 0.2) is 24.3 Å². The molecule has 1 aromatic rings. The molecule has 2 N–H and O–H groups in total. The first-order valence-electron chi connectivity index (χ1n) is 6.22. The smallest absolute Gasteiger partial charge is 0.273 e. The van der Waals surface area contributed by atoms with E-state index in [0.29, 0.717) is 18.7 Å². The van der Waals surface area contributed by atoms with Crippen molar-refractivity contribution in [1.82, 2.24) is 4.90 Å². The maximum atomic E-state index is 11.3. The lowest BCUT2D eigenvalue weighted by atomic mass is 10.1. The fourth-order valence-electron chi connectivity index (χ4n) is 1.84. The zero-order valence-electron chi connectivity index (χ0n) is 11.6. The average Bonchev–Trinajstić information content (AvgIpc) is 2.42. The topological polar surface area (TPSA) is 98.7 Å². The largest absolute Gasteiger partial charge is 0.383 e. The number of rotatable bonds is 8. The number of methoxy groups -OCH3 is 1. The number of amides is 1. The average molecular weight is 281 g/mol. The predicted octanol–water partition coefficient (Wildman–Crippen LogP) is 0.917. The standard InChI is InChI=1S/C13H19N3O4/c1-10(13(14)17)15(7-8-20-2)9-11-5-3-4-6-12(11)16(18)19/h3-6,10H,7-9H2,1-2H3,(H2,14,17). The molecule has 7 nitrogen and oxygen atoms in total. The third-order valence-corrected chi connectivity index (χ3v) is 3.10. The number of nitrogens with zero attached hydrogens (tertiary/aromatic N) is 2. The minimum Gasteiger partial charge on any atom is -0.383 e. The molecular formula is C13H19N3O4. The van der Waals surface area contributed by atoms with Crippen LogP contribution in [0.5, 0.6) is 0 Å². The van der Waals surface area contributed by atoms with Crippen molar-refractivity contribution >= 4 is 11.6 Å². The quantitative estimate of drug-likeness (QED) is 0.564. The molecule has 0 aliphatic carbocycles. The number of carbonyl (C=O) groups excluding carboxylic acids is 1. The highest BCUT2D eigenvalue weighted by Crippen LogP contribution is 2.20. The summed E-state index contributed by atoms with van der Waals surface area (Å²) in [7, 11) is 1.55. The van der Waals surface area contributed by atoms with Crippen molar-refractivity contribution in [1.29, 1.82) is 0 Å². The number of hydrogen-bond acceptors (Lipinski definition) is 5. The van der Waals surface area contributed by atoms with Gasteiger partial charge in [0.15, 0.2) is 0 Å². The van der Waals surface area contributed by atoms with E-state index in [1.54, 1.807) is 37.1 Å². The van der Waals surface area contributed by atoms with Crippen molar-refractivity contribution in [3.8, 4) is 0 Å². The Kier molecular flexibility index (Phi) is 6.08. The summed E-state index contributed by atoms with van der Waals surface area (Å²) >= 11 is 0. The molecule has 0 heterocycles. The van der Waals surface area contributed by atoms with E-state index < -0.39 is 16.9 Å². The highest BCUT2D eigenvalue weighted by molar-refractivity contribution is 5.79.